The summed E-state index contributed by atoms with van der Waals surface area (Å²) in [6.07, 6.45) is 0.186. The van der Waals surface area contributed by atoms with Crippen molar-refractivity contribution in [2.45, 2.75) is 19.5 Å². The van der Waals surface area contributed by atoms with Crippen LogP contribution in [-0.2, 0) is 17.9 Å². The molecule has 27 heavy (non-hydrogen) atoms. The molecule has 0 saturated carbocycles. The third-order valence-electron chi connectivity index (χ3n) is 4.47. The van der Waals surface area contributed by atoms with E-state index >= 15 is 0 Å². The summed E-state index contributed by atoms with van der Waals surface area (Å²) in [6.45, 7) is 2.18. The third kappa shape index (κ3) is 4.07. The van der Waals surface area contributed by atoms with Crippen molar-refractivity contribution in [1.82, 2.24) is 10.4 Å². The number of hydroxylamine groups is 1. The van der Waals surface area contributed by atoms with Crippen molar-refractivity contribution in [1.29, 1.82) is 0 Å². The van der Waals surface area contributed by atoms with Gasteiger partial charge >= 0.3 is 0 Å². The first-order chi connectivity index (χ1) is 13.2. The van der Waals surface area contributed by atoms with Gasteiger partial charge in [-0.25, -0.2) is 5.48 Å². The molecule has 0 atom stereocenters. The zero-order valence-corrected chi connectivity index (χ0v) is 14.6. The first kappa shape index (κ1) is 17.4. The van der Waals surface area contributed by atoms with Gasteiger partial charge in [0.1, 0.15) is 0 Å². The van der Waals surface area contributed by atoms with Crippen LogP contribution in [0, 0.1) is 0 Å². The smallest absolute Gasteiger partial charge is 0.244 e. The molecule has 0 aromatic heterocycles. The van der Waals surface area contributed by atoms with Crippen molar-refractivity contribution in [3.63, 3.8) is 0 Å². The number of hydrogen-bond acceptors (Lipinski definition) is 7. The molecule has 0 bridgehead atoms. The van der Waals surface area contributed by atoms with Crippen molar-refractivity contribution in [2.24, 2.45) is 0 Å². The van der Waals surface area contributed by atoms with Crippen LogP contribution in [0.4, 0.5) is 0 Å². The summed E-state index contributed by atoms with van der Waals surface area (Å²) in [5, 5.41) is 8.76. The van der Waals surface area contributed by atoms with E-state index in [9.17, 15) is 4.79 Å². The minimum absolute atomic E-state index is 0.186. The Kier molecular flexibility index (Phi) is 4.99. The van der Waals surface area contributed by atoms with Crippen molar-refractivity contribution in [3.8, 4) is 23.0 Å². The van der Waals surface area contributed by atoms with Gasteiger partial charge in [0.2, 0.25) is 19.5 Å². The number of rotatable bonds is 7. The van der Waals surface area contributed by atoms with Crippen molar-refractivity contribution < 1.29 is 28.9 Å². The van der Waals surface area contributed by atoms with Crippen LogP contribution in [0.25, 0.3) is 0 Å². The maximum atomic E-state index is 11.5. The van der Waals surface area contributed by atoms with Crippen LogP contribution >= 0.6 is 0 Å². The molecule has 0 aliphatic carbocycles. The first-order valence-corrected chi connectivity index (χ1v) is 8.63. The number of amides is 1. The molecule has 2 aromatic rings. The fourth-order valence-electron chi connectivity index (χ4n) is 3.12. The Hall–Kier alpha value is -2.97. The lowest BCUT2D eigenvalue weighted by molar-refractivity contribution is -0.129. The van der Waals surface area contributed by atoms with Crippen LogP contribution in [0.3, 0.4) is 0 Å². The summed E-state index contributed by atoms with van der Waals surface area (Å²) in [5.41, 5.74) is 3.77. The molecule has 0 saturated heterocycles. The van der Waals surface area contributed by atoms with Gasteiger partial charge in [-0.3, -0.25) is 14.9 Å². The van der Waals surface area contributed by atoms with E-state index < -0.39 is 5.91 Å². The summed E-state index contributed by atoms with van der Waals surface area (Å²) >= 11 is 0. The Balaban J connectivity index is 1.48. The Bertz CT molecular complexity index is 781. The minimum Gasteiger partial charge on any atom is -0.454 e. The fourth-order valence-corrected chi connectivity index (χ4v) is 3.12. The predicted molar refractivity (Wildman–Crippen MR) is 93.8 cm³/mol. The molecule has 0 unspecified atom stereocenters. The number of carbonyl (C=O) groups is 1. The predicted octanol–water partition coefficient (Wildman–Crippen LogP) is 2.04. The summed E-state index contributed by atoms with van der Waals surface area (Å²) in [5.74, 6) is 2.50. The number of fused-ring (bicyclic) bond motifs is 2. The molecule has 8 nitrogen and oxygen atoms in total. The molecule has 0 spiro atoms. The van der Waals surface area contributed by atoms with E-state index in [-0.39, 0.29) is 20.0 Å². The molecular weight excluding hydrogens is 352 g/mol. The monoisotopic (exact) mass is 372 g/mol. The Labute approximate surface area is 156 Å². The van der Waals surface area contributed by atoms with E-state index in [4.69, 9.17) is 24.2 Å². The lowest BCUT2D eigenvalue weighted by Crippen LogP contribution is -2.29. The molecule has 2 aliphatic heterocycles. The van der Waals surface area contributed by atoms with Crippen LogP contribution < -0.4 is 24.4 Å². The molecule has 4 rings (SSSR count). The summed E-state index contributed by atoms with van der Waals surface area (Å²) in [4.78, 5) is 13.6. The second-order valence-electron chi connectivity index (χ2n) is 6.37. The van der Waals surface area contributed by atoms with Crippen LogP contribution in [0.5, 0.6) is 23.0 Å². The summed E-state index contributed by atoms with van der Waals surface area (Å²) < 4.78 is 21.6. The normalized spacial score (nSPS) is 13.9. The standard InChI is InChI=1S/C19H20N2O6/c22-19(20-23)5-6-21(9-13-1-3-15-17(7-13)26-11-24-15)10-14-2-4-16-18(8-14)27-12-25-16/h1-4,7-8,23H,5-6,9-12H2,(H,20,22). The van der Waals surface area contributed by atoms with Crippen molar-refractivity contribution in [2.75, 3.05) is 20.1 Å². The van der Waals surface area contributed by atoms with Gasteiger partial charge in [0.15, 0.2) is 23.0 Å². The minimum atomic E-state index is -0.420. The zero-order valence-electron chi connectivity index (χ0n) is 14.6. The highest BCUT2D eigenvalue weighted by Crippen LogP contribution is 2.34. The molecule has 1 amide bonds. The summed E-state index contributed by atoms with van der Waals surface area (Å²) in [6, 6.07) is 11.6. The SMILES string of the molecule is O=C(CCN(Cc1ccc2c(c1)OCO2)Cc1ccc2c(c1)OCO2)NO. The number of carbonyl (C=O) groups excluding carboxylic acids is 1. The van der Waals surface area contributed by atoms with Crippen molar-refractivity contribution in [3.05, 3.63) is 47.5 Å². The second-order valence-corrected chi connectivity index (χ2v) is 6.37. The van der Waals surface area contributed by atoms with Gasteiger partial charge in [-0.1, -0.05) is 12.1 Å². The molecule has 0 fully saturated rings. The summed E-state index contributed by atoms with van der Waals surface area (Å²) in [7, 11) is 0. The highest BCUT2D eigenvalue weighted by Gasteiger charge is 2.17. The van der Waals surface area contributed by atoms with Crippen LogP contribution in [0.15, 0.2) is 36.4 Å². The fraction of sp³-hybridized carbons (Fsp3) is 0.316. The van der Waals surface area contributed by atoms with E-state index in [2.05, 4.69) is 4.90 Å². The van der Waals surface area contributed by atoms with Crippen LogP contribution in [0.2, 0.25) is 0 Å². The Morgan fingerprint density at radius 1 is 0.889 bits per heavy atom. The van der Waals surface area contributed by atoms with Gasteiger partial charge in [0.05, 0.1) is 0 Å². The molecule has 2 aromatic carbocycles. The average Bonchev–Trinajstić information content (AvgIpc) is 3.34. The maximum Gasteiger partial charge on any atom is 0.244 e. The maximum absolute atomic E-state index is 11.5. The number of benzene rings is 2. The molecule has 0 radical (unpaired) electrons. The van der Waals surface area contributed by atoms with E-state index in [1.807, 2.05) is 36.4 Å². The first-order valence-electron chi connectivity index (χ1n) is 8.63. The quantitative estimate of drug-likeness (QED) is 0.568. The highest BCUT2D eigenvalue weighted by molar-refractivity contribution is 5.74. The van der Waals surface area contributed by atoms with Gasteiger partial charge in [0.25, 0.3) is 0 Å². The van der Waals surface area contributed by atoms with E-state index in [0.717, 1.165) is 34.1 Å². The van der Waals surface area contributed by atoms with E-state index in [0.29, 0.717) is 19.6 Å². The molecule has 2 N–H and O–H groups in total. The lowest BCUT2D eigenvalue weighted by atomic mass is 10.1. The van der Waals surface area contributed by atoms with Crippen LogP contribution in [-0.4, -0.2) is 36.1 Å². The molecular formula is C19H20N2O6. The van der Waals surface area contributed by atoms with Gasteiger partial charge in [-0.05, 0) is 35.4 Å². The van der Waals surface area contributed by atoms with Crippen molar-refractivity contribution >= 4 is 5.91 Å². The molecule has 2 aliphatic rings. The third-order valence-corrected chi connectivity index (χ3v) is 4.47. The second kappa shape index (κ2) is 7.73. The number of ether oxygens (including phenoxy) is 4. The largest absolute Gasteiger partial charge is 0.454 e. The van der Waals surface area contributed by atoms with E-state index in [1.54, 1.807) is 5.48 Å². The molecule has 8 heteroatoms. The Morgan fingerprint density at radius 3 is 1.93 bits per heavy atom. The zero-order chi connectivity index (χ0) is 18.6. The molecule has 142 valence electrons. The topological polar surface area (TPSA) is 89.5 Å². The number of nitrogens with zero attached hydrogens (tertiary/aromatic N) is 1. The average molecular weight is 372 g/mol. The van der Waals surface area contributed by atoms with Gasteiger partial charge < -0.3 is 18.9 Å². The van der Waals surface area contributed by atoms with E-state index in [1.165, 1.54) is 0 Å². The highest BCUT2D eigenvalue weighted by atomic mass is 16.7. The Morgan fingerprint density at radius 2 is 1.41 bits per heavy atom. The van der Waals surface area contributed by atoms with Gasteiger partial charge in [0, 0.05) is 26.1 Å². The van der Waals surface area contributed by atoms with Crippen LogP contribution in [0.1, 0.15) is 17.5 Å². The van der Waals surface area contributed by atoms with Gasteiger partial charge in [-0.15, -0.1) is 0 Å². The number of hydrogen-bond donors (Lipinski definition) is 2. The molecule has 2 heterocycles. The van der Waals surface area contributed by atoms with Gasteiger partial charge in [-0.2, -0.15) is 0 Å². The number of nitrogens with one attached hydrogen (secondary N) is 1. The lowest BCUT2D eigenvalue weighted by Gasteiger charge is -2.22.